The lowest BCUT2D eigenvalue weighted by Gasteiger charge is -2.35. The van der Waals surface area contributed by atoms with Crippen LogP contribution in [0.5, 0.6) is 0 Å². The van der Waals surface area contributed by atoms with Crippen molar-refractivity contribution in [3.8, 4) is 44.9 Å². The van der Waals surface area contributed by atoms with E-state index in [1.165, 1.54) is 54.9 Å². The van der Waals surface area contributed by atoms with E-state index in [0.29, 0.717) is 5.82 Å². The lowest BCUT2D eigenvalue weighted by Crippen LogP contribution is -2.16. The molecule has 0 fully saturated rings. The van der Waals surface area contributed by atoms with Crippen LogP contribution in [0, 0.1) is 0 Å². The second-order valence-electron chi connectivity index (χ2n) is 13.3. The van der Waals surface area contributed by atoms with Crippen LogP contribution in [0.2, 0.25) is 0 Å². The zero-order valence-corrected chi connectivity index (χ0v) is 27.1. The Bertz CT molecular complexity index is 2860. The molecule has 8 aromatic carbocycles. The normalized spacial score (nSPS) is 12.7. The van der Waals surface area contributed by atoms with Crippen molar-refractivity contribution in [2.45, 2.75) is 6.42 Å². The molecular weight excluding hydrogens is 607 g/mol. The van der Waals surface area contributed by atoms with Gasteiger partial charge >= 0.3 is 0 Å². The fraction of sp³-hybridized carbons (Fsp3) is 0.0213. The van der Waals surface area contributed by atoms with E-state index >= 15 is 0 Å². The monoisotopic (exact) mass is 635 g/mol. The average Bonchev–Trinajstić information content (AvgIpc) is 3.55. The van der Waals surface area contributed by atoms with Crippen LogP contribution in [0.25, 0.3) is 77.3 Å². The fourth-order valence-corrected chi connectivity index (χ4v) is 8.38. The van der Waals surface area contributed by atoms with E-state index in [-0.39, 0.29) is 0 Å². The van der Waals surface area contributed by atoms with Crippen molar-refractivity contribution in [1.82, 2.24) is 9.97 Å². The minimum Gasteiger partial charge on any atom is -0.308 e. The molecule has 3 heteroatoms. The molecule has 0 radical (unpaired) electrons. The highest BCUT2D eigenvalue weighted by Crippen LogP contribution is 2.54. The first-order valence-corrected chi connectivity index (χ1v) is 17.2. The summed E-state index contributed by atoms with van der Waals surface area (Å²) in [5.41, 5.74) is 15.2. The Hall–Kier alpha value is -6.58. The van der Waals surface area contributed by atoms with Crippen LogP contribution in [-0.2, 0) is 6.42 Å². The highest BCUT2D eigenvalue weighted by molar-refractivity contribution is 6.19. The molecule has 0 bridgehead atoms. The summed E-state index contributed by atoms with van der Waals surface area (Å²) < 4.78 is 0. The molecule has 1 aliphatic heterocycles. The maximum atomic E-state index is 5.44. The van der Waals surface area contributed by atoms with Crippen molar-refractivity contribution in [3.05, 3.63) is 175 Å². The highest BCUT2D eigenvalue weighted by atomic mass is 15.2. The summed E-state index contributed by atoms with van der Waals surface area (Å²) in [6.07, 6.45) is 0.970. The van der Waals surface area contributed by atoms with Gasteiger partial charge in [-0.3, -0.25) is 0 Å². The Morgan fingerprint density at radius 2 is 1.14 bits per heavy atom. The second-order valence-corrected chi connectivity index (χ2v) is 13.3. The maximum Gasteiger partial charge on any atom is 0.162 e. The Labute approximate surface area is 289 Å². The molecule has 0 saturated carbocycles. The molecule has 0 atom stereocenters. The predicted octanol–water partition coefficient (Wildman–Crippen LogP) is 12.3. The summed E-state index contributed by atoms with van der Waals surface area (Å²) in [5.74, 6) is 0.712. The first-order chi connectivity index (χ1) is 24.8. The van der Waals surface area contributed by atoms with Crippen molar-refractivity contribution in [1.29, 1.82) is 0 Å². The van der Waals surface area contributed by atoms with E-state index in [1.807, 2.05) is 0 Å². The molecule has 50 heavy (non-hydrogen) atoms. The number of para-hydroxylation sites is 2. The summed E-state index contributed by atoms with van der Waals surface area (Å²) in [5, 5.41) is 6.01. The lowest BCUT2D eigenvalue weighted by molar-refractivity contribution is 1.21. The number of benzene rings is 8. The second kappa shape index (κ2) is 10.5. The van der Waals surface area contributed by atoms with Gasteiger partial charge in [-0.25, -0.2) is 9.97 Å². The van der Waals surface area contributed by atoms with E-state index in [1.54, 1.807) is 0 Å². The molecule has 0 amide bonds. The molecule has 0 saturated heterocycles. The molecular formula is C47H29N3. The first-order valence-electron chi connectivity index (χ1n) is 17.2. The van der Waals surface area contributed by atoms with Gasteiger partial charge in [0, 0.05) is 27.5 Å². The molecule has 1 aliphatic carbocycles. The standard InChI is InChI=1S/C47H29N3/c1-4-16-35-29(11-1)25-26-43-45(35)38-19-9-13-30-14-10-22-42(44(30)38)50(43)41-21-8-6-18-37(41)47-48-40-20-7-5-17-36(40)46(49-47)33-24-23-32-27-31-12-2-3-15-34(31)39(32)28-33/h1-26,28H,27H2. The third-order valence-electron chi connectivity index (χ3n) is 10.6. The molecule has 0 spiro atoms. The third kappa shape index (κ3) is 3.92. The maximum absolute atomic E-state index is 5.44. The summed E-state index contributed by atoms with van der Waals surface area (Å²) in [7, 11) is 0. The van der Waals surface area contributed by atoms with Gasteiger partial charge in [0.2, 0.25) is 0 Å². The SMILES string of the molecule is c1ccc2c(c1)Cc1ccc(-c3nc(-c4ccccc4N4c5ccc6ccccc6c5-c5cccc6cccc4c56)nc4ccccc34)cc1-2. The fourth-order valence-electron chi connectivity index (χ4n) is 8.38. The van der Waals surface area contributed by atoms with Gasteiger partial charge in [-0.15, -0.1) is 0 Å². The Morgan fingerprint density at radius 1 is 0.440 bits per heavy atom. The van der Waals surface area contributed by atoms with Gasteiger partial charge in [0.05, 0.1) is 28.3 Å². The largest absolute Gasteiger partial charge is 0.308 e. The highest BCUT2D eigenvalue weighted by Gasteiger charge is 2.29. The molecule has 11 rings (SSSR count). The first kappa shape index (κ1) is 27.4. The Balaban J connectivity index is 1.16. The van der Waals surface area contributed by atoms with Crippen LogP contribution in [0.4, 0.5) is 17.1 Å². The number of aromatic nitrogens is 2. The molecule has 2 heterocycles. The number of hydrogen-bond acceptors (Lipinski definition) is 3. The van der Waals surface area contributed by atoms with Gasteiger partial charge in [-0.1, -0.05) is 127 Å². The van der Waals surface area contributed by atoms with Crippen LogP contribution in [0.3, 0.4) is 0 Å². The Kier molecular flexibility index (Phi) is 5.73. The van der Waals surface area contributed by atoms with Crippen molar-refractivity contribution >= 4 is 49.5 Å². The third-order valence-corrected chi connectivity index (χ3v) is 10.6. The van der Waals surface area contributed by atoms with Gasteiger partial charge in [-0.05, 0) is 86.8 Å². The molecule has 1 aromatic heterocycles. The molecule has 3 nitrogen and oxygen atoms in total. The molecule has 9 aromatic rings. The lowest BCUT2D eigenvalue weighted by atomic mass is 9.87. The summed E-state index contributed by atoms with van der Waals surface area (Å²) >= 11 is 0. The zero-order chi connectivity index (χ0) is 32.8. The van der Waals surface area contributed by atoms with Crippen LogP contribution < -0.4 is 4.90 Å². The summed E-state index contributed by atoms with van der Waals surface area (Å²) in [4.78, 5) is 13.1. The molecule has 0 N–H and O–H groups in total. The van der Waals surface area contributed by atoms with Gasteiger partial charge in [0.1, 0.15) is 0 Å². The molecule has 2 aliphatic rings. The number of nitrogens with zero attached hydrogens (tertiary/aromatic N) is 3. The van der Waals surface area contributed by atoms with E-state index < -0.39 is 0 Å². The van der Waals surface area contributed by atoms with Crippen molar-refractivity contribution in [3.63, 3.8) is 0 Å². The number of rotatable bonds is 3. The Morgan fingerprint density at radius 3 is 2.08 bits per heavy atom. The molecule has 0 unspecified atom stereocenters. The van der Waals surface area contributed by atoms with Crippen molar-refractivity contribution < 1.29 is 0 Å². The van der Waals surface area contributed by atoms with E-state index in [2.05, 4.69) is 169 Å². The van der Waals surface area contributed by atoms with E-state index in [4.69, 9.17) is 9.97 Å². The van der Waals surface area contributed by atoms with Crippen LogP contribution in [0.1, 0.15) is 11.1 Å². The van der Waals surface area contributed by atoms with Crippen molar-refractivity contribution in [2.24, 2.45) is 0 Å². The number of hydrogen-bond donors (Lipinski definition) is 0. The minimum atomic E-state index is 0.712. The van der Waals surface area contributed by atoms with E-state index in [0.717, 1.165) is 51.2 Å². The van der Waals surface area contributed by atoms with Gasteiger partial charge in [-0.2, -0.15) is 0 Å². The number of anilines is 3. The predicted molar refractivity (Wildman–Crippen MR) is 207 cm³/mol. The minimum absolute atomic E-state index is 0.712. The smallest absolute Gasteiger partial charge is 0.162 e. The topological polar surface area (TPSA) is 29.0 Å². The van der Waals surface area contributed by atoms with Crippen molar-refractivity contribution in [2.75, 3.05) is 4.90 Å². The van der Waals surface area contributed by atoms with E-state index in [9.17, 15) is 0 Å². The van der Waals surface area contributed by atoms with Gasteiger partial charge < -0.3 is 4.90 Å². The van der Waals surface area contributed by atoms with Crippen LogP contribution >= 0.6 is 0 Å². The van der Waals surface area contributed by atoms with Gasteiger partial charge in [0.25, 0.3) is 0 Å². The summed E-state index contributed by atoms with van der Waals surface area (Å²) in [6, 6.07) is 59.1. The van der Waals surface area contributed by atoms with Gasteiger partial charge in [0.15, 0.2) is 5.82 Å². The average molecular weight is 636 g/mol. The number of fused-ring (bicyclic) bond motifs is 8. The van der Waals surface area contributed by atoms with Crippen LogP contribution in [-0.4, -0.2) is 9.97 Å². The quantitative estimate of drug-likeness (QED) is 0.193. The zero-order valence-electron chi connectivity index (χ0n) is 27.1. The van der Waals surface area contributed by atoms with Crippen LogP contribution in [0.15, 0.2) is 164 Å². The summed E-state index contributed by atoms with van der Waals surface area (Å²) in [6.45, 7) is 0. The molecule has 232 valence electrons.